The van der Waals surface area contributed by atoms with Gasteiger partial charge in [0, 0.05) is 54.9 Å². The number of hydrogen-bond acceptors (Lipinski definition) is 4. The van der Waals surface area contributed by atoms with Gasteiger partial charge in [-0.15, -0.1) is 0 Å². The largest absolute Gasteiger partial charge is 0.346 e. The monoisotopic (exact) mass is 361 g/mol. The zero-order valence-corrected chi connectivity index (χ0v) is 15.3. The first-order valence-electron chi connectivity index (χ1n) is 8.69. The second kappa shape index (κ2) is 6.35. The van der Waals surface area contributed by atoms with Crippen LogP contribution in [0, 0.1) is 0 Å². The highest BCUT2D eigenvalue weighted by atomic mass is 16.1. The molecule has 4 heterocycles. The van der Waals surface area contributed by atoms with Crippen LogP contribution in [0.1, 0.15) is 19.9 Å². The summed E-state index contributed by atoms with van der Waals surface area (Å²) in [6.45, 7) is 3.91. The maximum absolute atomic E-state index is 12.3. The lowest BCUT2D eigenvalue weighted by Crippen LogP contribution is -2.20. The second-order valence-corrected chi connectivity index (χ2v) is 6.75. The number of pyridine rings is 3. The van der Waals surface area contributed by atoms with Gasteiger partial charge in [0.05, 0.1) is 5.39 Å². The van der Waals surface area contributed by atoms with E-state index in [1.807, 2.05) is 39.2 Å². The SMILES string of the molecule is CC(C)n1cc(-c2cc3c(=O)cc[nH]c3nc2-c2ccn(C)n2)ccc1=O. The minimum absolute atomic E-state index is 0.0209. The van der Waals surface area contributed by atoms with Gasteiger partial charge in [-0.3, -0.25) is 14.3 Å². The van der Waals surface area contributed by atoms with Crippen LogP contribution in [-0.4, -0.2) is 24.3 Å². The number of nitrogens with zero attached hydrogens (tertiary/aromatic N) is 4. The Labute approximate surface area is 154 Å². The van der Waals surface area contributed by atoms with Gasteiger partial charge in [-0.25, -0.2) is 4.98 Å². The summed E-state index contributed by atoms with van der Waals surface area (Å²) < 4.78 is 3.37. The molecule has 0 radical (unpaired) electrons. The topological polar surface area (TPSA) is 85.6 Å². The predicted molar refractivity (Wildman–Crippen MR) is 105 cm³/mol. The lowest BCUT2D eigenvalue weighted by atomic mass is 10.0. The van der Waals surface area contributed by atoms with E-state index < -0.39 is 0 Å². The third-order valence-electron chi connectivity index (χ3n) is 4.50. The smallest absolute Gasteiger partial charge is 0.250 e. The Hall–Kier alpha value is -3.48. The van der Waals surface area contributed by atoms with E-state index in [4.69, 9.17) is 0 Å². The Kier molecular flexibility index (Phi) is 3.99. The number of aromatic nitrogens is 5. The fourth-order valence-electron chi connectivity index (χ4n) is 3.12. The van der Waals surface area contributed by atoms with Gasteiger partial charge in [0.15, 0.2) is 5.43 Å². The molecule has 0 bridgehead atoms. The first-order chi connectivity index (χ1) is 12.9. The summed E-state index contributed by atoms with van der Waals surface area (Å²) in [5.74, 6) is 0. The van der Waals surface area contributed by atoms with Crippen LogP contribution in [0.5, 0.6) is 0 Å². The van der Waals surface area contributed by atoms with E-state index in [-0.39, 0.29) is 17.0 Å². The number of aryl methyl sites for hydroxylation is 1. The molecule has 0 atom stereocenters. The third kappa shape index (κ3) is 2.97. The highest BCUT2D eigenvalue weighted by molar-refractivity contribution is 5.88. The van der Waals surface area contributed by atoms with Gasteiger partial charge in [0.25, 0.3) is 5.56 Å². The van der Waals surface area contributed by atoms with Crippen LogP contribution < -0.4 is 11.0 Å². The average molecular weight is 361 g/mol. The quantitative estimate of drug-likeness (QED) is 0.608. The van der Waals surface area contributed by atoms with Gasteiger partial charge in [0.1, 0.15) is 17.0 Å². The molecule has 0 unspecified atom stereocenters. The van der Waals surface area contributed by atoms with E-state index in [2.05, 4.69) is 15.1 Å². The van der Waals surface area contributed by atoms with Crippen LogP contribution in [0.3, 0.4) is 0 Å². The summed E-state index contributed by atoms with van der Waals surface area (Å²) in [6.07, 6.45) is 5.23. The number of aromatic amines is 1. The minimum atomic E-state index is -0.109. The van der Waals surface area contributed by atoms with Crippen molar-refractivity contribution in [1.29, 1.82) is 0 Å². The maximum atomic E-state index is 12.3. The molecule has 0 saturated heterocycles. The molecular formula is C20H19N5O2. The first-order valence-corrected chi connectivity index (χ1v) is 8.69. The Morgan fingerprint density at radius 3 is 2.63 bits per heavy atom. The van der Waals surface area contributed by atoms with Crippen LogP contribution in [0.2, 0.25) is 0 Å². The van der Waals surface area contributed by atoms with Crippen molar-refractivity contribution in [3.8, 4) is 22.5 Å². The lowest BCUT2D eigenvalue weighted by Gasteiger charge is -2.14. The summed E-state index contributed by atoms with van der Waals surface area (Å²) >= 11 is 0. The van der Waals surface area contributed by atoms with E-state index in [0.29, 0.717) is 22.4 Å². The molecule has 0 aliphatic rings. The number of rotatable bonds is 3. The molecule has 0 aromatic carbocycles. The number of hydrogen-bond donors (Lipinski definition) is 1. The zero-order valence-electron chi connectivity index (χ0n) is 15.3. The lowest BCUT2D eigenvalue weighted by molar-refractivity contribution is 0.579. The molecule has 0 saturated carbocycles. The van der Waals surface area contributed by atoms with Gasteiger partial charge in [-0.2, -0.15) is 5.10 Å². The van der Waals surface area contributed by atoms with Gasteiger partial charge in [-0.05, 0) is 32.0 Å². The Bertz CT molecular complexity index is 1260. The number of H-pyrrole nitrogens is 1. The molecule has 0 aliphatic carbocycles. The molecule has 7 heteroatoms. The Balaban J connectivity index is 2.06. The Morgan fingerprint density at radius 2 is 1.93 bits per heavy atom. The summed E-state index contributed by atoms with van der Waals surface area (Å²) in [5.41, 5.74) is 3.24. The summed E-state index contributed by atoms with van der Waals surface area (Å²) in [7, 11) is 1.84. The highest BCUT2D eigenvalue weighted by Crippen LogP contribution is 2.31. The van der Waals surface area contributed by atoms with Gasteiger partial charge in [-0.1, -0.05) is 0 Å². The second-order valence-electron chi connectivity index (χ2n) is 6.75. The molecule has 4 aromatic heterocycles. The van der Waals surface area contributed by atoms with Crippen molar-refractivity contribution in [1.82, 2.24) is 24.3 Å². The fourth-order valence-corrected chi connectivity index (χ4v) is 3.12. The Morgan fingerprint density at radius 1 is 1.11 bits per heavy atom. The van der Waals surface area contributed by atoms with Crippen LogP contribution >= 0.6 is 0 Å². The van der Waals surface area contributed by atoms with Crippen LogP contribution in [0.4, 0.5) is 0 Å². The van der Waals surface area contributed by atoms with Crippen molar-refractivity contribution >= 4 is 11.0 Å². The highest BCUT2D eigenvalue weighted by Gasteiger charge is 2.16. The van der Waals surface area contributed by atoms with E-state index in [1.54, 1.807) is 27.7 Å². The molecule has 4 rings (SSSR count). The van der Waals surface area contributed by atoms with Crippen LogP contribution in [0.15, 0.2) is 58.5 Å². The van der Waals surface area contributed by atoms with Crippen LogP contribution in [-0.2, 0) is 7.05 Å². The molecule has 27 heavy (non-hydrogen) atoms. The predicted octanol–water partition coefficient (Wildman–Crippen LogP) is 2.73. The number of fused-ring (bicyclic) bond motifs is 1. The van der Waals surface area contributed by atoms with Crippen molar-refractivity contribution in [2.45, 2.75) is 19.9 Å². The normalized spacial score (nSPS) is 11.4. The van der Waals surface area contributed by atoms with Gasteiger partial charge < -0.3 is 9.55 Å². The number of nitrogens with one attached hydrogen (secondary N) is 1. The van der Waals surface area contributed by atoms with Crippen molar-refractivity contribution in [2.24, 2.45) is 7.05 Å². The molecule has 0 fully saturated rings. The molecule has 0 aliphatic heterocycles. The first kappa shape index (κ1) is 17.0. The van der Waals surface area contributed by atoms with E-state index in [9.17, 15) is 9.59 Å². The van der Waals surface area contributed by atoms with E-state index >= 15 is 0 Å². The summed E-state index contributed by atoms with van der Waals surface area (Å²) in [5, 5.41) is 4.96. The zero-order chi connectivity index (χ0) is 19.1. The summed E-state index contributed by atoms with van der Waals surface area (Å²) in [6, 6.07) is 8.48. The van der Waals surface area contributed by atoms with Gasteiger partial charge in [0.2, 0.25) is 0 Å². The molecule has 0 amide bonds. The molecule has 0 spiro atoms. The molecule has 4 aromatic rings. The van der Waals surface area contributed by atoms with E-state index in [1.165, 1.54) is 12.1 Å². The van der Waals surface area contributed by atoms with Gasteiger partial charge >= 0.3 is 0 Å². The third-order valence-corrected chi connectivity index (χ3v) is 4.50. The van der Waals surface area contributed by atoms with Crippen molar-refractivity contribution in [3.63, 3.8) is 0 Å². The summed E-state index contributed by atoms with van der Waals surface area (Å²) in [4.78, 5) is 32.2. The molecular weight excluding hydrogens is 342 g/mol. The van der Waals surface area contributed by atoms with Crippen molar-refractivity contribution < 1.29 is 0 Å². The maximum Gasteiger partial charge on any atom is 0.250 e. The average Bonchev–Trinajstić information content (AvgIpc) is 3.08. The molecule has 136 valence electrons. The minimum Gasteiger partial charge on any atom is -0.346 e. The van der Waals surface area contributed by atoms with Crippen molar-refractivity contribution in [2.75, 3.05) is 0 Å². The van der Waals surface area contributed by atoms with Crippen LogP contribution in [0.25, 0.3) is 33.5 Å². The van der Waals surface area contributed by atoms with Crippen molar-refractivity contribution in [3.05, 3.63) is 69.5 Å². The van der Waals surface area contributed by atoms with E-state index in [0.717, 1.165) is 11.1 Å². The fraction of sp³-hybridized carbons (Fsp3) is 0.200. The molecule has 7 nitrogen and oxygen atoms in total. The standard InChI is InChI=1S/C20H19N5O2/c1-12(2)25-11-13(4-5-18(25)27)14-10-15-17(26)6-8-21-20(15)22-19(14)16-7-9-24(3)23-16/h4-12H,1-3H3,(H,21,22,26). The molecule has 1 N–H and O–H groups in total.